The minimum atomic E-state index is -0.521. The maximum atomic E-state index is 12.5. The van der Waals surface area contributed by atoms with Gasteiger partial charge in [0.2, 0.25) is 5.91 Å². The second kappa shape index (κ2) is 9.41. The van der Waals surface area contributed by atoms with E-state index in [1.165, 1.54) is 0 Å². The molecule has 0 aliphatic carbocycles. The quantitative estimate of drug-likeness (QED) is 0.638. The van der Waals surface area contributed by atoms with E-state index in [1.807, 2.05) is 12.1 Å². The zero-order valence-electron chi connectivity index (χ0n) is 14.9. The van der Waals surface area contributed by atoms with Gasteiger partial charge < -0.3 is 10.1 Å². The zero-order valence-corrected chi connectivity index (χ0v) is 17.3. The molecule has 3 amide bonds. The summed E-state index contributed by atoms with van der Waals surface area (Å²) in [6, 6.07) is 15.7. The number of nitrogens with zero attached hydrogens (tertiary/aromatic N) is 2. The minimum absolute atomic E-state index is 0.0557. The molecular formula is C20H14BrN3O4S. The molecule has 2 aromatic carbocycles. The maximum Gasteiger partial charge on any atom is 0.294 e. The van der Waals surface area contributed by atoms with Gasteiger partial charge in [-0.15, -0.1) is 0 Å². The average molecular weight is 472 g/mol. The van der Waals surface area contributed by atoms with E-state index in [4.69, 9.17) is 10.00 Å². The number of carbonyl (C=O) groups is 3. The van der Waals surface area contributed by atoms with Crippen LogP contribution < -0.4 is 10.1 Å². The Labute approximate surface area is 179 Å². The van der Waals surface area contributed by atoms with Gasteiger partial charge in [-0.05, 0) is 63.6 Å². The van der Waals surface area contributed by atoms with Crippen LogP contribution in [0.4, 0.5) is 10.5 Å². The number of carbonyl (C=O) groups excluding carboxylic acids is 3. The number of benzene rings is 2. The molecule has 0 bridgehead atoms. The summed E-state index contributed by atoms with van der Waals surface area (Å²) in [6.45, 7) is -0.426. The van der Waals surface area contributed by atoms with E-state index in [0.717, 1.165) is 16.7 Å². The molecule has 1 aliphatic rings. The number of para-hydroxylation sites is 1. The summed E-state index contributed by atoms with van der Waals surface area (Å²) in [5.41, 5.74) is 1.25. The van der Waals surface area contributed by atoms with Crippen LogP contribution in [0.3, 0.4) is 0 Å². The number of halogens is 1. The van der Waals surface area contributed by atoms with Crippen LogP contribution in [0, 0.1) is 11.3 Å². The number of nitrogens with one attached hydrogen (secondary N) is 1. The van der Waals surface area contributed by atoms with Gasteiger partial charge in [-0.3, -0.25) is 19.3 Å². The van der Waals surface area contributed by atoms with Crippen molar-refractivity contribution >= 4 is 56.5 Å². The van der Waals surface area contributed by atoms with Gasteiger partial charge in [-0.2, -0.15) is 5.26 Å². The van der Waals surface area contributed by atoms with Crippen LogP contribution in [0.15, 0.2) is 57.9 Å². The first-order valence-corrected chi connectivity index (χ1v) is 9.98. The predicted octanol–water partition coefficient (Wildman–Crippen LogP) is 4.03. The molecule has 29 heavy (non-hydrogen) atoms. The van der Waals surface area contributed by atoms with Crippen molar-refractivity contribution in [3.8, 4) is 11.8 Å². The predicted molar refractivity (Wildman–Crippen MR) is 113 cm³/mol. The van der Waals surface area contributed by atoms with Gasteiger partial charge in [0, 0.05) is 4.47 Å². The van der Waals surface area contributed by atoms with Crippen molar-refractivity contribution in [1.29, 1.82) is 5.26 Å². The van der Waals surface area contributed by atoms with Crippen LogP contribution in [0.25, 0.3) is 6.08 Å². The average Bonchev–Trinajstić information content (AvgIpc) is 2.96. The number of hydrogen-bond donors (Lipinski definition) is 1. The molecule has 0 spiro atoms. The summed E-state index contributed by atoms with van der Waals surface area (Å²) in [4.78, 5) is 38.1. The fourth-order valence-corrected chi connectivity index (χ4v) is 3.68. The molecule has 3 rings (SSSR count). The van der Waals surface area contributed by atoms with E-state index in [-0.39, 0.29) is 18.1 Å². The number of nitriles is 1. The number of rotatable bonds is 6. The van der Waals surface area contributed by atoms with E-state index in [2.05, 4.69) is 21.2 Å². The lowest BCUT2D eigenvalue weighted by Crippen LogP contribution is -2.36. The summed E-state index contributed by atoms with van der Waals surface area (Å²) in [6.07, 6.45) is 1.57. The number of ether oxygens (including phenoxy) is 1. The topological polar surface area (TPSA) is 99.5 Å². The van der Waals surface area contributed by atoms with Gasteiger partial charge in [0.15, 0.2) is 6.61 Å². The lowest BCUT2D eigenvalue weighted by atomic mass is 10.2. The van der Waals surface area contributed by atoms with Crippen LogP contribution in [-0.4, -0.2) is 35.1 Å². The Bertz CT molecular complexity index is 1030. The maximum absolute atomic E-state index is 12.5. The molecule has 0 atom stereocenters. The van der Waals surface area contributed by atoms with Gasteiger partial charge in [0.05, 0.1) is 10.6 Å². The summed E-state index contributed by atoms with van der Waals surface area (Å²) < 4.78 is 5.87. The van der Waals surface area contributed by atoms with Crippen molar-refractivity contribution in [1.82, 2.24) is 4.90 Å². The Morgan fingerprint density at radius 2 is 1.93 bits per heavy atom. The molecule has 9 heteroatoms. The summed E-state index contributed by atoms with van der Waals surface area (Å²) in [5, 5.41) is 10.7. The number of hydrogen-bond acceptors (Lipinski definition) is 6. The third kappa shape index (κ3) is 5.25. The standard InChI is InChI=1S/C20H14BrN3O4S/c21-15-3-1-2-4-16(15)23-18(25)12-24-19(26)17(29-20(24)27)11-13-5-7-14(8-6-13)28-10-9-22/h1-8,11H,10,12H2,(H,23,25)/b17-11-. The van der Waals surface area contributed by atoms with Crippen LogP contribution in [0.1, 0.15) is 5.56 Å². The first-order valence-electron chi connectivity index (χ1n) is 8.37. The molecule has 0 unspecified atom stereocenters. The molecule has 1 heterocycles. The van der Waals surface area contributed by atoms with Crippen molar-refractivity contribution in [2.75, 3.05) is 18.5 Å². The molecule has 0 aromatic heterocycles. The highest BCUT2D eigenvalue weighted by molar-refractivity contribution is 9.10. The highest BCUT2D eigenvalue weighted by Gasteiger charge is 2.36. The van der Waals surface area contributed by atoms with Crippen LogP contribution in [-0.2, 0) is 9.59 Å². The van der Waals surface area contributed by atoms with E-state index >= 15 is 0 Å². The highest BCUT2D eigenvalue weighted by Crippen LogP contribution is 2.32. The molecule has 1 N–H and O–H groups in total. The fourth-order valence-electron chi connectivity index (χ4n) is 2.46. The second-order valence-corrected chi connectivity index (χ2v) is 7.66. The summed E-state index contributed by atoms with van der Waals surface area (Å²) in [5.74, 6) is -0.466. The Morgan fingerprint density at radius 1 is 1.21 bits per heavy atom. The Hall–Kier alpha value is -3.09. The highest BCUT2D eigenvalue weighted by atomic mass is 79.9. The third-order valence-corrected chi connectivity index (χ3v) is 5.40. The van der Waals surface area contributed by atoms with E-state index in [9.17, 15) is 14.4 Å². The molecule has 1 saturated heterocycles. The number of amides is 3. The number of thioether (sulfide) groups is 1. The van der Waals surface area contributed by atoms with Gasteiger partial charge in [-0.1, -0.05) is 24.3 Å². The van der Waals surface area contributed by atoms with Crippen LogP contribution in [0.5, 0.6) is 5.75 Å². The monoisotopic (exact) mass is 471 g/mol. The third-order valence-electron chi connectivity index (χ3n) is 3.80. The first-order chi connectivity index (χ1) is 14.0. The number of imide groups is 1. The van der Waals surface area contributed by atoms with Crippen LogP contribution in [0.2, 0.25) is 0 Å². The zero-order chi connectivity index (χ0) is 20.8. The largest absolute Gasteiger partial charge is 0.479 e. The van der Waals surface area contributed by atoms with Crippen molar-refractivity contribution in [2.45, 2.75) is 0 Å². The van der Waals surface area contributed by atoms with Gasteiger partial charge in [0.1, 0.15) is 18.4 Å². The van der Waals surface area contributed by atoms with Crippen molar-refractivity contribution < 1.29 is 19.1 Å². The van der Waals surface area contributed by atoms with E-state index in [0.29, 0.717) is 21.5 Å². The Kier molecular flexibility index (Phi) is 6.69. The molecular weight excluding hydrogens is 458 g/mol. The normalized spacial score (nSPS) is 14.8. The smallest absolute Gasteiger partial charge is 0.294 e. The second-order valence-electron chi connectivity index (χ2n) is 5.81. The molecule has 7 nitrogen and oxygen atoms in total. The fraction of sp³-hybridized carbons (Fsp3) is 0.100. The van der Waals surface area contributed by atoms with Crippen molar-refractivity contribution in [3.05, 3.63) is 63.5 Å². The van der Waals surface area contributed by atoms with Gasteiger partial charge in [-0.25, -0.2) is 0 Å². The molecule has 0 radical (unpaired) electrons. The van der Waals surface area contributed by atoms with Gasteiger partial charge in [0.25, 0.3) is 11.1 Å². The molecule has 1 aliphatic heterocycles. The lowest BCUT2D eigenvalue weighted by molar-refractivity contribution is -0.127. The summed E-state index contributed by atoms with van der Waals surface area (Å²) >= 11 is 4.11. The Balaban J connectivity index is 1.66. The minimum Gasteiger partial charge on any atom is -0.479 e. The molecule has 2 aromatic rings. The first kappa shape index (κ1) is 20.6. The van der Waals surface area contributed by atoms with E-state index in [1.54, 1.807) is 48.5 Å². The number of anilines is 1. The Morgan fingerprint density at radius 3 is 2.62 bits per heavy atom. The SMILES string of the molecule is N#CCOc1ccc(/C=C2\SC(=O)N(CC(=O)Nc3ccccc3Br)C2=O)cc1. The van der Waals surface area contributed by atoms with Crippen molar-refractivity contribution in [2.24, 2.45) is 0 Å². The van der Waals surface area contributed by atoms with Gasteiger partial charge >= 0.3 is 0 Å². The van der Waals surface area contributed by atoms with Crippen LogP contribution >= 0.6 is 27.7 Å². The van der Waals surface area contributed by atoms with Crippen molar-refractivity contribution in [3.63, 3.8) is 0 Å². The lowest BCUT2D eigenvalue weighted by Gasteiger charge is -2.13. The molecule has 1 fully saturated rings. The van der Waals surface area contributed by atoms with E-state index < -0.39 is 17.1 Å². The summed E-state index contributed by atoms with van der Waals surface area (Å²) in [7, 11) is 0. The molecule has 146 valence electrons. The molecule has 0 saturated carbocycles.